The van der Waals surface area contributed by atoms with Gasteiger partial charge in [0.15, 0.2) is 0 Å². The Morgan fingerprint density at radius 1 is 0.800 bits per heavy atom. The van der Waals surface area contributed by atoms with E-state index in [1.807, 2.05) is 0 Å². The van der Waals surface area contributed by atoms with Crippen LogP contribution in [-0.2, 0) is 23.9 Å². The first-order valence-electron chi connectivity index (χ1n) is 4.30. The predicted molar refractivity (Wildman–Crippen MR) is 51.1 cm³/mol. The van der Waals surface area contributed by atoms with E-state index >= 15 is 0 Å². The average Bonchev–Trinajstić information content (AvgIpc) is 2.00. The van der Waals surface area contributed by atoms with Gasteiger partial charge in [-0.3, -0.25) is 4.79 Å². The molecule has 2 N–H and O–H groups in total. The molecule has 88 valence electrons. The van der Waals surface area contributed by atoms with Crippen molar-refractivity contribution in [1.29, 1.82) is 0 Å². The van der Waals surface area contributed by atoms with Crippen LogP contribution in [0.4, 0.5) is 0 Å². The van der Waals surface area contributed by atoms with Gasteiger partial charge in [0.1, 0.15) is 0 Å². The number of carbonyl (C=O) groups excluding carboxylic acids is 3. The van der Waals surface area contributed by atoms with Crippen LogP contribution in [0.15, 0.2) is 0 Å². The van der Waals surface area contributed by atoms with Crippen molar-refractivity contribution < 1.29 is 29.3 Å². The summed E-state index contributed by atoms with van der Waals surface area (Å²) in [5.41, 5.74) is 0. The van der Waals surface area contributed by atoms with E-state index < -0.39 is 29.9 Å². The second kappa shape index (κ2) is 6.94. The van der Waals surface area contributed by atoms with E-state index in [0.29, 0.717) is 0 Å². The van der Waals surface area contributed by atoms with Crippen molar-refractivity contribution in [1.82, 2.24) is 0 Å². The van der Waals surface area contributed by atoms with Crippen LogP contribution in [0.5, 0.6) is 0 Å². The zero-order valence-corrected chi connectivity index (χ0v) is 9.20. The summed E-state index contributed by atoms with van der Waals surface area (Å²) in [7, 11) is 0. The van der Waals surface area contributed by atoms with Gasteiger partial charge < -0.3 is 14.9 Å². The summed E-state index contributed by atoms with van der Waals surface area (Å²) in [6.45, 7) is 6.33. The Morgan fingerprint density at radius 2 is 1.07 bits per heavy atom. The minimum Gasteiger partial charge on any atom is -0.457 e. The van der Waals surface area contributed by atoms with Gasteiger partial charge in [-0.2, -0.15) is 0 Å². The van der Waals surface area contributed by atoms with Gasteiger partial charge in [-0.25, -0.2) is 9.59 Å². The van der Waals surface area contributed by atoms with Crippen LogP contribution in [-0.4, -0.2) is 35.4 Å². The monoisotopic (exact) mass is 220 g/mol. The minimum absolute atomic E-state index is 0. The molecule has 0 unspecified atom stereocenters. The fourth-order valence-corrected chi connectivity index (χ4v) is 0.619. The standard InChI is InChI=1S/C9H14O5.H2O/c1-5(2)13-8(11)7(10)9(12)14-6(3)4;/h5-6H,1-4H3;1H2. The molecular weight excluding hydrogens is 204 g/mol. The quantitative estimate of drug-likeness (QED) is 0.365. The molecule has 0 aromatic carbocycles. The summed E-state index contributed by atoms with van der Waals surface area (Å²) in [5, 5.41) is 0. The number of carbonyl (C=O) groups is 3. The highest BCUT2D eigenvalue weighted by Crippen LogP contribution is 1.95. The Labute approximate surface area is 87.9 Å². The van der Waals surface area contributed by atoms with Gasteiger partial charge in [-0.15, -0.1) is 0 Å². The Morgan fingerprint density at radius 3 is 1.27 bits per heavy atom. The Kier molecular flexibility index (Phi) is 7.41. The van der Waals surface area contributed by atoms with E-state index in [1.54, 1.807) is 27.7 Å². The number of ether oxygens (including phenoxy) is 2. The maximum absolute atomic E-state index is 11.0. The van der Waals surface area contributed by atoms with Crippen LogP contribution in [0.25, 0.3) is 0 Å². The lowest BCUT2D eigenvalue weighted by Gasteiger charge is -2.08. The third-order valence-electron chi connectivity index (χ3n) is 1.06. The summed E-state index contributed by atoms with van der Waals surface area (Å²) in [6.07, 6.45) is -0.864. The molecule has 0 aliphatic heterocycles. The Bertz CT molecular complexity index is 219. The lowest BCUT2D eigenvalue weighted by atomic mass is 10.4. The first-order chi connectivity index (χ1) is 6.34. The van der Waals surface area contributed by atoms with Gasteiger partial charge in [-0.05, 0) is 27.7 Å². The van der Waals surface area contributed by atoms with Gasteiger partial charge in [0.2, 0.25) is 0 Å². The predicted octanol–water partition coefficient (Wildman–Crippen LogP) is -0.366. The largest absolute Gasteiger partial charge is 0.457 e. The maximum Gasteiger partial charge on any atom is 0.387 e. The second-order valence-electron chi connectivity index (χ2n) is 3.24. The van der Waals surface area contributed by atoms with Crippen molar-refractivity contribution in [2.24, 2.45) is 0 Å². The van der Waals surface area contributed by atoms with E-state index in [0.717, 1.165) is 0 Å². The van der Waals surface area contributed by atoms with Gasteiger partial charge in [0, 0.05) is 0 Å². The molecule has 0 aliphatic carbocycles. The highest BCUT2D eigenvalue weighted by Gasteiger charge is 2.27. The molecule has 0 aromatic heterocycles. The van der Waals surface area contributed by atoms with Crippen molar-refractivity contribution in [2.75, 3.05) is 0 Å². The third kappa shape index (κ3) is 6.62. The van der Waals surface area contributed by atoms with Crippen LogP contribution in [0, 0.1) is 0 Å². The number of hydrogen-bond donors (Lipinski definition) is 0. The van der Waals surface area contributed by atoms with E-state index in [9.17, 15) is 14.4 Å². The SMILES string of the molecule is CC(C)OC(=O)C(=O)C(=O)OC(C)C.O. The summed E-state index contributed by atoms with van der Waals surface area (Å²) in [4.78, 5) is 32.8. The first kappa shape index (κ1) is 16.0. The smallest absolute Gasteiger partial charge is 0.387 e. The van der Waals surface area contributed by atoms with Gasteiger partial charge in [0.05, 0.1) is 12.2 Å². The molecule has 0 heterocycles. The second-order valence-corrected chi connectivity index (χ2v) is 3.24. The zero-order valence-electron chi connectivity index (χ0n) is 9.20. The lowest BCUT2D eigenvalue weighted by Crippen LogP contribution is -2.31. The molecule has 15 heavy (non-hydrogen) atoms. The molecule has 0 aliphatic rings. The van der Waals surface area contributed by atoms with Crippen LogP contribution in [0.1, 0.15) is 27.7 Å². The molecule has 6 nitrogen and oxygen atoms in total. The molecule has 0 amide bonds. The van der Waals surface area contributed by atoms with E-state index in [-0.39, 0.29) is 5.48 Å². The number of hydrogen-bond acceptors (Lipinski definition) is 5. The third-order valence-corrected chi connectivity index (χ3v) is 1.06. The maximum atomic E-state index is 11.0. The number of ketones is 1. The fourth-order valence-electron chi connectivity index (χ4n) is 0.619. The van der Waals surface area contributed by atoms with Crippen LogP contribution in [0.3, 0.4) is 0 Å². The number of Topliss-reactive ketones (excluding diaryl/α,β-unsaturated/α-hetero) is 1. The number of rotatable bonds is 4. The Hall–Kier alpha value is -1.43. The van der Waals surface area contributed by atoms with E-state index in [1.165, 1.54) is 0 Å². The highest BCUT2D eigenvalue weighted by atomic mass is 16.6. The summed E-state index contributed by atoms with van der Waals surface area (Å²) < 4.78 is 9.05. The zero-order chi connectivity index (χ0) is 11.3. The van der Waals surface area contributed by atoms with Crippen molar-refractivity contribution >= 4 is 17.7 Å². The molecular formula is C9H16O6. The van der Waals surface area contributed by atoms with Gasteiger partial charge in [-0.1, -0.05) is 0 Å². The molecule has 0 saturated carbocycles. The molecule has 0 rings (SSSR count). The lowest BCUT2D eigenvalue weighted by molar-refractivity contribution is -0.167. The summed E-state index contributed by atoms with van der Waals surface area (Å²) in [5.74, 6) is -3.62. The van der Waals surface area contributed by atoms with Crippen molar-refractivity contribution in [2.45, 2.75) is 39.9 Å². The van der Waals surface area contributed by atoms with Crippen molar-refractivity contribution in [3.8, 4) is 0 Å². The summed E-state index contributed by atoms with van der Waals surface area (Å²) in [6, 6.07) is 0. The normalized spacial score (nSPS) is 9.47. The molecule has 6 heteroatoms. The van der Waals surface area contributed by atoms with Crippen LogP contribution >= 0.6 is 0 Å². The molecule has 0 aromatic rings. The molecule has 0 saturated heterocycles. The first-order valence-corrected chi connectivity index (χ1v) is 4.30. The van der Waals surface area contributed by atoms with E-state index in [2.05, 4.69) is 9.47 Å². The van der Waals surface area contributed by atoms with E-state index in [4.69, 9.17) is 0 Å². The highest BCUT2D eigenvalue weighted by molar-refractivity contribution is 6.60. The van der Waals surface area contributed by atoms with Gasteiger partial charge >= 0.3 is 17.7 Å². The van der Waals surface area contributed by atoms with Crippen molar-refractivity contribution in [3.05, 3.63) is 0 Å². The fraction of sp³-hybridized carbons (Fsp3) is 0.667. The molecule has 0 fully saturated rings. The molecule has 0 radical (unpaired) electrons. The topological polar surface area (TPSA) is 101 Å². The molecule has 0 bridgehead atoms. The van der Waals surface area contributed by atoms with Crippen molar-refractivity contribution in [3.63, 3.8) is 0 Å². The van der Waals surface area contributed by atoms with Gasteiger partial charge in [0.25, 0.3) is 0 Å². The average molecular weight is 220 g/mol. The van der Waals surface area contributed by atoms with Crippen LogP contribution in [0.2, 0.25) is 0 Å². The van der Waals surface area contributed by atoms with Crippen LogP contribution < -0.4 is 0 Å². The molecule has 0 spiro atoms. The minimum atomic E-state index is -1.27. The molecule has 0 atom stereocenters. The Balaban J connectivity index is 0. The summed E-state index contributed by atoms with van der Waals surface area (Å²) >= 11 is 0. The number of esters is 2.